The van der Waals surface area contributed by atoms with Gasteiger partial charge in [-0.25, -0.2) is 4.39 Å². The van der Waals surface area contributed by atoms with Gasteiger partial charge in [-0.3, -0.25) is 4.79 Å². The van der Waals surface area contributed by atoms with E-state index >= 15 is 0 Å². The standard InChI is InChI=1S/C25H27FN2O2/c26-22-14-12-20(13-15-22)18-28(17-7-6-16-27)25(29)23-10-4-5-11-24(23)30-19-21-8-2-1-3-9-21/h1-5,8-15H,6-7,16-19,27H2. The molecule has 2 N–H and O–H groups in total. The van der Waals surface area contributed by atoms with Crippen LogP contribution in [0.4, 0.5) is 4.39 Å². The maximum atomic E-state index is 13.4. The summed E-state index contributed by atoms with van der Waals surface area (Å²) in [5.74, 6) is 0.147. The Balaban J connectivity index is 1.77. The molecule has 0 spiro atoms. The van der Waals surface area contributed by atoms with Gasteiger partial charge < -0.3 is 15.4 Å². The monoisotopic (exact) mass is 406 g/mol. The highest BCUT2D eigenvalue weighted by Crippen LogP contribution is 2.22. The first kappa shape index (κ1) is 21.5. The number of hydrogen-bond donors (Lipinski definition) is 1. The molecular formula is C25H27FN2O2. The summed E-state index contributed by atoms with van der Waals surface area (Å²) < 4.78 is 19.2. The van der Waals surface area contributed by atoms with Crippen LogP contribution in [0.1, 0.15) is 34.3 Å². The van der Waals surface area contributed by atoms with Gasteiger partial charge in [-0.15, -0.1) is 0 Å². The number of unbranched alkanes of at least 4 members (excludes halogenated alkanes) is 1. The predicted molar refractivity (Wildman–Crippen MR) is 117 cm³/mol. The molecule has 5 heteroatoms. The van der Waals surface area contributed by atoms with Gasteiger partial charge in [0.25, 0.3) is 5.91 Å². The average Bonchev–Trinajstić information content (AvgIpc) is 2.79. The maximum absolute atomic E-state index is 13.4. The topological polar surface area (TPSA) is 55.6 Å². The first-order chi connectivity index (χ1) is 14.7. The smallest absolute Gasteiger partial charge is 0.257 e. The third kappa shape index (κ3) is 6.16. The number of carbonyl (C=O) groups excluding carboxylic acids is 1. The number of para-hydroxylation sites is 1. The van der Waals surface area contributed by atoms with E-state index in [4.69, 9.17) is 10.5 Å². The molecule has 0 aliphatic heterocycles. The largest absolute Gasteiger partial charge is 0.488 e. The number of hydrogen-bond acceptors (Lipinski definition) is 3. The van der Waals surface area contributed by atoms with Crippen molar-refractivity contribution in [3.05, 3.63) is 101 Å². The van der Waals surface area contributed by atoms with E-state index in [1.54, 1.807) is 23.1 Å². The highest BCUT2D eigenvalue weighted by atomic mass is 19.1. The van der Waals surface area contributed by atoms with Crippen LogP contribution in [0, 0.1) is 5.82 Å². The first-order valence-corrected chi connectivity index (χ1v) is 10.2. The SMILES string of the molecule is NCCCCN(Cc1ccc(F)cc1)C(=O)c1ccccc1OCc1ccccc1. The van der Waals surface area contributed by atoms with Crippen molar-refractivity contribution in [2.45, 2.75) is 26.0 Å². The van der Waals surface area contributed by atoms with Crippen LogP contribution < -0.4 is 10.5 Å². The summed E-state index contributed by atoms with van der Waals surface area (Å²) in [5.41, 5.74) is 8.05. The Morgan fingerprint density at radius 2 is 1.57 bits per heavy atom. The van der Waals surface area contributed by atoms with Crippen LogP contribution in [-0.4, -0.2) is 23.9 Å². The van der Waals surface area contributed by atoms with Gasteiger partial charge in [-0.2, -0.15) is 0 Å². The minimum Gasteiger partial charge on any atom is -0.488 e. The Labute approximate surface area is 177 Å². The molecule has 3 aromatic rings. The third-order valence-corrected chi connectivity index (χ3v) is 4.81. The minimum atomic E-state index is -0.292. The van der Waals surface area contributed by atoms with Crippen molar-refractivity contribution >= 4 is 5.91 Å². The van der Waals surface area contributed by atoms with Crippen molar-refractivity contribution in [2.24, 2.45) is 5.73 Å². The number of carbonyl (C=O) groups is 1. The zero-order chi connectivity index (χ0) is 21.2. The molecule has 0 saturated carbocycles. The van der Waals surface area contributed by atoms with Gasteiger partial charge in [0.2, 0.25) is 0 Å². The normalized spacial score (nSPS) is 10.6. The Bertz CT molecular complexity index is 929. The molecule has 3 rings (SSSR count). The van der Waals surface area contributed by atoms with Crippen molar-refractivity contribution in [2.75, 3.05) is 13.1 Å². The van der Waals surface area contributed by atoms with Gasteiger partial charge in [0, 0.05) is 13.1 Å². The second-order valence-electron chi connectivity index (χ2n) is 7.12. The number of rotatable bonds is 10. The minimum absolute atomic E-state index is 0.111. The summed E-state index contributed by atoms with van der Waals surface area (Å²) in [7, 11) is 0. The van der Waals surface area contributed by atoms with Crippen LogP contribution >= 0.6 is 0 Å². The molecule has 0 aliphatic rings. The van der Waals surface area contributed by atoms with E-state index < -0.39 is 0 Å². The number of amides is 1. The molecular weight excluding hydrogens is 379 g/mol. The Morgan fingerprint density at radius 3 is 2.30 bits per heavy atom. The van der Waals surface area contributed by atoms with Crippen molar-refractivity contribution in [1.29, 1.82) is 0 Å². The van der Waals surface area contributed by atoms with Gasteiger partial charge in [0.1, 0.15) is 18.2 Å². The molecule has 1 amide bonds. The molecule has 0 heterocycles. The predicted octanol–water partition coefficient (Wildman–Crippen LogP) is 4.79. The Hall–Kier alpha value is -3.18. The Morgan fingerprint density at radius 1 is 0.867 bits per heavy atom. The first-order valence-electron chi connectivity index (χ1n) is 10.2. The van der Waals surface area contributed by atoms with Gasteiger partial charge in [-0.05, 0) is 54.8 Å². The van der Waals surface area contributed by atoms with Crippen LogP contribution in [0.25, 0.3) is 0 Å². The maximum Gasteiger partial charge on any atom is 0.257 e. The number of nitrogens with zero attached hydrogens (tertiary/aromatic N) is 1. The van der Waals surface area contributed by atoms with Crippen LogP contribution in [0.2, 0.25) is 0 Å². The number of benzene rings is 3. The summed E-state index contributed by atoms with van der Waals surface area (Å²) >= 11 is 0. The molecule has 0 saturated heterocycles. The number of halogens is 1. The molecule has 0 aliphatic carbocycles. The van der Waals surface area contributed by atoms with E-state index in [0.717, 1.165) is 24.0 Å². The molecule has 0 radical (unpaired) electrons. The summed E-state index contributed by atoms with van der Waals surface area (Å²) in [5, 5.41) is 0. The Kier molecular flexibility index (Phi) is 7.98. The lowest BCUT2D eigenvalue weighted by Crippen LogP contribution is -2.32. The quantitative estimate of drug-likeness (QED) is 0.493. The molecule has 156 valence electrons. The average molecular weight is 407 g/mol. The highest BCUT2D eigenvalue weighted by molar-refractivity contribution is 5.96. The van der Waals surface area contributed by atoms with Gasteiger partial charge >= 0.3 is 0 Å². The third-order valence-electron chi connectivity index (χ3n) is 4.81. The zero-order valence-corrected chi connectivity index (χ0v) is 17.0. The fraction of sp³-hybridized carbons (Fsp3) is 0.240. The van der Waals surface area contributed by atoms with Crippen molar-refractivity contribution in [3.63, 3.8) is 0 Å². The highest BCUT2D eigenvalue weighted by Gasteiger charge is 2.20. The van der Waals surface area contributed by atoms with Gasteiger partial charge in [-0.1, -0.05) is 54.6 Å². The second kappa shape index (κ2) is 11.1. The van der Waals surface area contributed by atoms with Crippen molar-refractivity contribution < 1.29 is 13.9 Å². The fourth-order valence-electron chi connectivity index (χ4n) is 3.18. The lowest BCUT2D eigenvalue weighted by molar-refractivity contribution is 0.0735. The molecule has 0 aromatic heterocycles. The molecule has 0 fully saturated rings. The summed E-state index contributed by atoms with van der Waals surface area (Å²) in [4.78, 5) is 15.2. The van der Waals surface area contributed by atoms with Crippen LogP contribution in [0.5, 0.6) is 5.75 Å². The second-order valence-corrected chi connectivity index (χ2v) is 7.12. The van der Waals surface area contributed by atoms with Crippen LogP contribution in [0.15, 0.2) is 78.9 Å². The number of nitrogens with two attached hydrogens (primary N) is 1. The fourth-order valence-corrected chi connectivity index (χ4v) is 3.18. The zero-order valence-electron chi connectivity index (χ0n) is 17.0. The van der Waals surface area contributed by atoms with Gasteiger partial charge in [0.15, 0.2) is 0 Å². The van der Waals surface area contributed by atoms with Gasteiger partial charge in [0.05, 0.1) is 5.56 Å². The van der Waals surface area contributed by atoms with E-state index in [-0.39, 0.29) is 11.7 Å². The lowest BCUT2D eigenvalue weighted by atomic mass is 10.1. The molecule has 30 heavy (non-hydrogen) atoms. The summed E-state index contributed by atoms with van der Waals surface area (Å²) in [6.07, 6.45) is 1.63. The van der Waals surface area contributed by atoms with E-state index in [2.05, 4.69) is 0 Å². The number of ether oxygens (including phenoxy) is 1. The van der Waals surface area contributed by atoms with E-state index in [0.29, 0.717) is 37.6 Å². The molecule has 3 aromatic carbocycles. The summed E-state index contributed by atoms with van der Waals surface area (Å²) in [6, 6.07) is 23.3. The van der Waals surface area contributed by atoms with Crippen LogP contribution in [-0.2, 0) is 13.2 Å². The lowest BCUT2D eigenvalue weighted by Gasteiger charge is -2.24. The van der Waals surface area contributed by atoms with E-state index in [1.807, 2.05) is 48.5 Å². The molecule has 0 bridgehead atoms. The van der Waals surface area contributed by atoms with E-state index in [1.165, 1.54) is 12.1 Å². The summed E-state index contributed by atoms with van der Waals surface area (Å²) in [6.45, 7) is 1.93. The van der Waals surface area contributed by atoms with E-state index in [9.17, 15) is 9.18 Å². The molecule has 0 atom stereocenters. The molecule has 0 unspecified atom stereocenters. The van der Waals surface area contributed by atoms with Crippen LogP contribution in [0.3, 0.4) is 0 Å². The molecule has 4 nitrogen and oxygen atoms in total. The van der Waals surface area contributed by atoms with Crippen molar-refractivity contribution in [3.8, 4) is 5.75 Å². The van der Waals surface area contributed by atoms with Crippen molar-refractivity contribution in [1.82, 2.24) is 4.90 Å².